The summed E-state index contributed by atoms with van der Waals surface area (Å²) in [5.74, 6) is 0.758. The van der Waals surface area contributed by atoms with Gasteiger partial charge in [-0.15, -0.1) is 0 Å². The number of carbonyl (C=O) groups is 1. The van der Waals surface area contributed by atoms with Gasteiger partial charge >= 0.3 is 5.97 Å². The van der Waals surface area contributed by atoms with E-state index in [1.54, 1.807) is 0 Å². The molecular formula is C16H24N2O3. The Morgan fingerprint density at radius 1 is 1.43 bits per heavy atom. The number of methoxy groups -OCH3 is 1. The number of piperidine rings is 1. The normalized spacial score (nSPS) is 28.1. The monoisotopic (exact) mass is 292 g/mol. The van der Waals surface area contributed by atoms with Gasteiger partial charge in [-0.25, -0.2) is 4.79 Å². The van der Waals surface area contributed by atoms with Crippen LogP contribution in [0.25, 0.3) is 0 Å². The Morgan fingerprint density at radius 3 is 2.71 bits per heavy atom. The van der Waals surface area contributed by atoms with Gasteiger partial charge in [0.05, 0.1) is 13.7 Å². The van der Waals surface area contributed by atoms with Crippen LogP contribution >= 0.6 is 0 Å². The van der Waals surface area contributed by atoms with Crippen molar-refractivity contribution in [3.63, 3.8) is 0 Å². The predicted octanol–water partition coefficient (Wildman–Crippen LogP) is 2.09. The fourth-order valence-electron chi connectivity index (χ4n) is 3.68. The van der Waals surface area contributed by atoms with Crippen molar-refractivity contribution in [2.75, 3.05) is 14.2 Å². The smallest absolute Gasteiger partial charge is 0.374 e. The van der Waals surface area contributed by atoms with Gasteiger partial charge in [-0.1, -0.05) is 0 Å². The molecule has 0 spiro atoms. The molecule has 1 aromatic heterocycles. The topological polar surface area (TPSA) is 54.7 Å². The van der Waals surface area contributed by atoms with E-state index >= 15 is 0 Å². The van der Waals surface area contributed by atoms with Gasteiger partial charge in [0.15, 0.2) is 0 Å². The molecule has 0 aromatic carbocycles. The second kappa shape index (κ2) is 5.81. The lowest BCUT2D eigenvalue weighted by Gasteiger charge is -2.35. The minimum absolute atomic E-state index is 0.325. The Hall–Kier alpha value is -1.33. The summed E-state index contributed by atoms with van der Waals surface area (Å²) in [7, 11) is 3.52. The molecule has 21 heavy (non-hydrogen) atoms. The molecule has 116 valence electrons. The number of nitrogens with one attached hydrogen (secondary N) is 1. The zero-order valence-corrected chi connectivity index (χ0v) is 13.0. The van der Waals surface area contributed by atoms with Gasteiger partial charge < -0.3 is 14.5 Å². The molecule has 2 unspecified atom stereocenters. The van der Waals surface area contributed by atoms with Crippen molar-refractivity contribution in [3.05, 3.63) is 23.2 Å². The third-order valence-electron chi connectivity index (χ3n) is 4.82. The van der Waals surface area contributed by atoms with Crippen LogP contribution in [0.1, 0.15) is 47.6 Å². The number of furan rings is 1. The number of esters is 1. The third-order valence-corrected chi connectivity index (χ3v) is 4.82. The molecule has 2 atom stereocenters. The molecule has 0 saturated carbocycles. The average molecular weight is 292 g/mol. The Kier molecular flexibility index (Phi) is 4.04. The lowest BCUT2D eigenvalue weighted by atomic mass is 9.98. The van der Waals surface area contributed by atoms with E-state index in [1.165, 1.54) is 32.8 Å². The van der Waals surface area contributed by atoms with E-state index in [9.17, 15) is 4.79 Å². The van der Waals surface area contributed by atoms with Gasteiger partial charge in [0.1, 0.15) is 5.76 Å². The summed E-state index contributed by atoms with van der Waals surface area (Å²) in [5, 5.41) is 3.66. The largest absolute Gasteiger partial charge is 0.463 e. The van der Waals surface area contributed by atoms with Crippen LogP contribution in [0.5, 0.6) is 0 Å². The van der Waals surface area contributed by atoms with Crippen molar-refractivity contribution in [2.24, 2.45) is 0 Å². The Balaban J connectivity index is 1.65. The number of aryl methyl sites for hydroxylation is 1. The molecule has 1 N–H and O–H groups in total. The molecule has 1 aromatic rings. The quantitative estimate of drug-likeness (QED) is 0.861. The molecule has 0 amide bonds. The van der Waals surface area contributed by atoms with Gasteiger partial charge in [0, 0.05) is 23.7 Å². The molecule has 2 aliphatic heterocycles. The van der Waals surface area contributed by atoms with Gasteiger partial charge in [-0.2, -0.15) is 0 Å². The number of hydrogen-bond donors (Lipinski definition) is 1. The second-order valence-electron chi connectivity index (χ2n) is 6.39. The summed E-state index contributed by atoms with van der Waals surface area (Å²) in [5.41, 5.74) is 0.843. The zero-order chi connectivity index (χ0) is 15.0. The molecule has 0 aliphatic carbocycles. The van der Waals surface area contributed by atoms with Gasteiger partial charge in [0.2, 0.25) is 5.76 Å². The fourth-order valence-corrected chi connectivity index (χ4v) is 3.68. The summed E-state index contributed by atoms with van der Waals surface area (Å²) in [4.78, 5) is 13.9. The minimum atomic E-state index is -0.402. The Bertz CT molecular complexity index is 514. The first kappa shape index (κ1) is 14.6. The number of rotatable bonds is 4. The molecule has 0 radical (unpaired) electrons. The molecule has 3 rings (SSSR count). The van der Waals surface area contributed by atoms with Crippen LogP contribution in [0.2, 0.25) is 0 Å². The maximum atomic E-state index is 11.6. The predicted molar refractivity (Wildman–Crippen MR) is 79.2 cm³/mol. The number of fused-ring (bicyclic) bond motifs is 2. The van der Waals surface area contributed by atoms with Crippen molar-refractivity contribution in [3.8, 4) is 0 Å². The van der Waals surface area contributed by atoms with E-state index in [0.717, 1.165) is 17.9 Å². The molecule has 3 heterocycles. The lowest BCUT2D eigenvalue weighted by Crippen LogP contribution is -2.46. The van der Waals surface area contributed by atoms with Crippen LogP contribution in [0.4, 0.5) is 0 Å². The van der Waals surface area contributed by atoms with Crippen molar-refractivity contribution < 1.29 is 13.9 Å². The van der Waals surface area contributed by atoms with E-state index in [1.807, 2.05) is 13.0 Å². The molecule has 2 saturated heterocycles. The van der Waals surface area contributed by atoms with Crippen LogP contribution < -0.4 is 5.32 Å². The summed E-state index contributed by atoms with van der Waals surface area (Å²) in [6.07, 6.45) is 5.02. The fraction of sp³-hybridized carbons (Fsp3) is 0.688. The van der Waals surface area contributed by atoms with Crippen molar-refractivity contribution in [1.82, 2.24) is 10.2 Å². The Labute approximate surface area is 125 Å². The number of carbonyl (C=O) groups excluding carboxylic acids is 1. The number of hydrogen-bond acceptors (Lipinski definition) is 5. The van der Waals surface area contributed by atoms with Crippen molar-refractivity contribution >= 4 is 5.97 Å². The SMILES string of the molecule is COC(=O)c1oc(CN(C)C2CC3CCC(C2)N3)cc1C. The summed E-state index contributed by atoms with van der Waals surface area (Å²) in [6.45, 7) is 2.62. The summed E-state index contributed by atoms with van der Waals surface area (Å²) < 4.78 is 10.4. The van der Waals surface area contributed by atoms with Crippen LogP contribution in [-0.4, -0.2) is 43.2 Å². The molecule has 2 fully saturated rings. The first-order chi connectivity index (χ1) is 10.1. The molecule has 5 nitrogen and oxygen atoms in total. The maximum Gasteiger partial charge on any atom is 0.374 e. The van der Waals surface area contributed by atoms with Crippen LogP contribution in [0.3, 0.4) is 0 Å². The van der Waals surface area contributed by atoms with Crippen LogP contribution in [0, 0.1) is 6.92 Å². The first-order valence-electron chi connectivity index (χ1n) is 7.70. The van der Waals surface area contributed by atoms with Gasteiger partial charge in [0.25, 0.3) is 0 Å². The highest BCUT2D eigenvalue weighted by Crippen LogP contribution is 2.30. The maximum absolute atomic E-state index is 11.6. The first-order valence-corrected chi connectivity index (χ1v) is 7.70. The van der Waals surface area contributed by atoms with Gasteiger partial charge in [-0.05, 0) is 45.7 Å². The molecule has 2 bridgehead atoms. The van der Waals surface area contributed by atoms with E-state index in [-0.39, 0.29) is 0 Å². The lowest BCUT2D eigenvalue weighted by molar-refractivity contribution is 0.0559. The highest BCUT2D eigenvalue weighted by molar-refractivity contribution is 5.87. The summed E-state index contributed by atoms with van der Waals surface area (Å²) >= 11 is 0. The Morgan fingerprint density at radius 2 is 2.10 bits per heavy atom. The zero-order valence-electron chi connectivity index (χ0n) is 13.0. The van der Waals surface area contributed by atoms with Crippen LogP contribution in [-0.2, 0) is 11.3 Å². The van der Waals surface area contributed by atoms with E-state index in [4.69, 9.17) is 9.15 Å². The number of nitrogens with zero attached hydrogens (tertiary/aromatic N) is 1. The van der Waals surface area contributed by atoms with Crippen molar-refractivity contribution in [2.45, 2.75) is 57.3 Å². The van der Waals surface area contributed by atoms with Crippen molar-refractivity contribution in [1.29, 1.82) is 0 Å². The highest BCUT2D eigenvalue weighted by Gasteiger charge is 2.35. The third kappa shape index (κ3) is 2.99. The second-order valence-corrected chi connectivity index (χ2v) is 6.39. The number of ether oxygens (including phenoxy) is 1. The summed E-state index contributed by atoms with van der Waals surface area (Å²) in [6, 6.07) is 3.90. The van der Waals surface area contributed by atoms with Crippen LogP contribution in [0.15, 0.2) is 10.5 Å². The molecule has 5 heteroatoms. The van der Waals surface area contributed by atoms with E-state index < -0.39 is 5.97 Å². The molecular weight excluding hydrogens is 268 g/mol. The average Bonchev–Trinajstić information content (AvgIpc) is 3.00. The molecule has 2 aliphatic rings. The van der Waals surface area contributed by atoms with E-state index in [2.05, 4.69) is 17.3 Å². The highest BCUT2D eigenvalue weighted by atomic mass is 16.5. The van der Waals surface area contributed by atoms with Gasteiger partial charge in [-0.3, -0.25) is 4.90 Å². The standard InChI is InChI=1S/C16H24N2O3/c1-10-6-14(21-15(10)16(19)20-3)9-18(2)13-7-11-4-5-12(8-13)17-11/h6,11-13,17H,4-5,7-9H2,1-3H3. The minimum Gasteiger partial charge on any atom is -0.463 e. The van der Waals surface area contributed by atoms with E-state index in [0.29, 0.717) is 23.9 Å².